The van der Waals surface area contributed by atoms with Crippen LogP contribution in [0.4, 0.5) is 11.8 Å². The van der Waals surface area contributed by atoms with Gasteiger partial charge in [0.25, 0.3) is 0 Å². The molecule has 132 valence electrons. The third-order valence-corrected chi connectivity index (χ3v) is 5.23. The number of piperidine rings is 1. The fourth-order valence-corrected chi connectivity index (χ4v) is 3.72. The number of hydrogen-bond acceptors (Lipinski definition) is 5. The molecule has 2 aromatic rings. The van der Waals surface area contributed by atoms with Crippen LogP contribution in [0.2, 0.25) is 0 Å². The lowest BCUT2D eigenvalue weighted by Gasteiger charge is -2.30. The number of aryl methyl sites for hydroxylation is 1. The fraction of sp³-hybridized carbons (Fsp3) is 0.500. The second kappa shape index (κ2) is 7.40. The molecule has 1 saturated heterocycles. The average molecular weight is 337 g/mol. The number of nitrogens with zero attached hydrogens (tertiary/aromatic N) is 3. The van der Waals surface area contributed by atoms with Crippen molar-refractivity contribution in [2.75, 3.05) is 29.9 Å². The molecule has 5 nitrogen and oxygen atoms in total. The quantitative estimate of drug-likeness (QED) is 0.898. The Bertz CT molecular complexity index is 724. The highest BCUT2D eigenvalue weighted by molar-refractivity contribution is 5.47. The molecule has 0 aliphatic carbocycles. The molecule has 3 heterocycles. The van der Waals surface area contributed by atoms with E-state index < -0.39 is 0 Å². The number of anilines is 2. The minimum absolute atomic E-state index is 0.510. The molecule has 0 atom stereocenters. The van der Waals surface area contributed by atoms with Crippen molar-refractivity contribution < 1.29 is 0 Å². The van der Waals surface area contributed by atoms with Crippen molar-refractivity contribution in [2.45, 2.75) is 45.2 Å². The molecule has 0 spiro atoms. The van der Waals surface area contributed by atoms with E-state index >= 15 is 0 Å². The van der Waals surface area contributed by atoms with Crippen molar-refractivity contribution in [2.24, 2.45) is 0 Å². The monoisotopic (exact) mass is 337 g/mol. The van der Waals surface area contributed by atoms with Gasteiger partial charge < -0.3 is 15.5 Å². The number of nitrogens with one attached hydrogen (secondary N) is 2. The summed E-state index contributed by atoms with van der Waals surface area (Å²) >= 11 is 0. The lowest BCUT2D eigenvalue weighted by molar-refractivity contribution is 0.478. The van der Waals surface area contributed by atoms with Crippen LogP contribution in [0.15, 0.2) is 30.3 Å². The Morgan fingerprint density at radius 3 is 2.76 bits per heavy atom. The maximum atomic E-state index is 4.86. The topological polar surface area (TPSA) is 53.1 Å². The maximum Gasteiger partial charge on any atom is 0.227 e. The van der Waals surface area contributed by atoms with Gasteiger partial charge in [0.05, 0.1) is 0 Å². The fourth-order valence-electron chi connectivity index (χ4n) is 3.72. The first-order valence-corrected chi connectivity index (χ1v) is 9.49. The van der Waals surface area contributed by atoms with Crippen molar-refractivity contribution in [3.05, 3.63) is 47.2 Å². The molecule has 0 unspecified atom stereocenters. The Balaban J connectivity index is 1.55. The van der Waals surface area contributed by atoms with Crippen molar-refractivity contribution in [3.8, 4) is 0 Å². The predicted octanol–water partition coefficient (Wildman–Crippen LogP) is 2.77. The van der Waals surface area contributed by atoms with Gasteiger partial charge in [0.2, 0.25) is 5.95 Å². The minimum Gasteiger partial charge on any atom is -0.367 e. The summed E-state index contributed by atoms with van der Waals surface area (Å²) in [5, 5.41) is 7.05. The van der Waals surface area contributed by atoms with E-state index in [0.717, 1.165) is 69.3 Å². The Hall–Kier alpha value is -2.14. The number of rotatable bonds is 4. The molecular formula is C20H27N5. The van der Waals surface area contributed by atoms with Crippen LogP contribution in [-0.2, 0) is 19.4 Å². The molecule has 1 aromatic carbocycles. The van der Waals surface area contributed by atoms with Crippen molar-refractivity contribution in [3.63, 3.8) is 0 Å². The Kier molecular flexibility index (Phi) is 4.83. The summed E-state index contributed by atoms with van der Waals surface area (Å²) in [6.45, 7) is 6.21. The summed E-state index contributed by atoms with van der Waals surface area (Å²) in [4.78, 5) is 12.0. The summed E-state index contributed by atoms with van der Waals surface area (Å²) in [6, 6.07) is 11.3. The molecule has 25 heavy (non-hydrogen) atoms. The molecule has 1 aromatic heterocycles. The normalized spacial score (nSPS) is 18.0. The van der Waals surface area contributed by atoms with E-state index in [1.807, 2.05) is 0 Å². The van der Waals surface area contributed by atoms with Crippen LogP contribution in [-0.4, -0.2) is 35.6 Å². The van der Waals surface area contributed by atoms with Gasteiger partial charge in [0, 0.05) is 30.9 Å². The summed E-state index contributed by atoms with van der Waals surface area (Å²) in [5.74, 6) is 1.85. The van der Waals surface area contributed by atoms with E-state index in [-0.39, 0.29) is 0 Å². The number of benzene rings is 1. The number of fused-ring (bicyclic) bond motifs is 1. The van der Waals surface area contributed by atoms with Gasteiger partial charge in [-0.15, -0.1) is 0 Å². The van der Waals surface area contributed by atoms with Crippen LogP contribution in [0.3, 0.4) is 0 Å². The average Bonchev–Trinajstić information content (AvgIpc) is 2.68. The predicted molar refractivity (Wildman–Crippen MR) is 102 cm³/mol. The van der Waals surface area contributed by atoms with E-state index in [9.17, 15) is 0 Å². The molecule has 0 saturated carbocycles. The zero-order chi connectivity index (χ0) is 17.1. The highest BCUT2D eigenvalue weighted by atomic mass is 15.3. The zero-order valence-corrected chi connectivity index (χ0v) is 15.0. The maximum absolute atomic E-state index is 4.86. The second-order valence-corrected chi connectivity index (χ2v) is 7.01. The lowest BCUT2D eigenvalue weighted by Crippen LogP contribution is -2.36. The SMILES string of the molecule is CCc1cc(NC2CCNCC2)nc(N2CCc3ccccc3C2)n1. The molecule has 2 N–H and O–H groups in total. The molecular weight excluding hydrogens is 310 g/mol. The van der Waals surface area contributed by atoms with Crippen LogP contribution in [0.25, 0.3) is 0 Å². The third-order valence-electron chi connectivity index (χ3n) is 5.23. The van der Waals surface area contributed by atoms with E-state index in [4.69, 9.17) is 9.97 Å². The van der Waals surface area contributed by atoms with Crippen LogP contribution in [0.1, 0.15) is 36.6 Å². The van der Waals surface area contributed by atoms with Gasteiger partial charge in [0.1, 0.15) is 5.82 Å². The first kappa shape index (κ1) is 16.3. The summed E-state index contributed by atoms with van der Waals surface area (Å²) in [7, 11) is 0. The molecule has 5 heteroatoms. The van der Waals surface area contributed by atoms with E-state index in [1.54, 1.807) is 0 Å². The number of hydrogen-bond donors (Lipinski definition) is 2. The molecule has 4 rings (SSSR count). The smallest absolute Gasteiger partial charge is 0.227 e. The first-order chi connectivity index (χ1) is 12.3. The van der Waals surface area contributed by atoms with Gasteiger partial charge in [-0.2, -0.15) is 4.98 Å². The first-order valence-electron chi connectivity index (χ1n) is 9.49. The van der Waals surface area contributed by atoms with E-state index in [0.29, 0.717) is 6.04 Å². The van der Waals surface area contributed by atoms with Gasteiger partial charge in [-0.1, -0.05) is 31.2 Å². The summed E-state index contributed by atoms with van der Waals surface area (Å²) in [6.07, 6.45) is 4.30. The highest BCUT2D eigenvalue weighted by Crippen LogP contribution is 2.24. The zero-order valence-electron chi connectivity index (χ0n) is 15.0. The van der Waals surface area contributed by atoms with Crippen molar-refractivity contribution >= 4 is 11.8 Å². The Morgan fingerprint density at radius 1 is 1.16 bits per heavy atom. The van der Waals surface area contributed by atoms with Crippen molar-refractivity contribution in [1.29, 1.82) is 0 Å². The Morgan fingerprint density at radius 2 is 1.96 bits per heavy atom. The molecule has 0 radical (unpaired) electrons. The number of aromatic nitrogens is 2. The lowest BCUT2D eigenvalue weighted by atomic mass is 10.0. The van der Waals surface area contributed by atoms with Gasteiger partial charge in [-0.05, 0) is 49.9 Å². The summed E-state index contributed by atoms with van der Waals surface area (Å²) < 4.78 is 0. The minimum atomic E-state index is 0.510. The molecule has 2 aliphatic rings. The second-order valence-electron chi connectivity index (χ2n) is 7.01. The molecule has 2 aliphatic heterocycles. The summed E-state index contributed by atoms with van der Waals surface area (Å²) in [5.41, 5.74) is 3.96. The standard InChI is InChI=1S/C20H27N5/c1-2-17-13-19(22-18-7-10-21-11-8-18)24-20(23-17)25-12-9-15-5-3-4-6-16(15)14-25/h3-6,13,18,21H,2,7-12,14H2,1H3,(H,22,23,24). The van der Waals surface area contributed by atoms with Crippen LogP contribution in [0.5, 0.6) is 0 Å². The van der Waals surface area contributed by atoms with Crippen LogP contribution >= 0.6 is 0 Å². The van der Waals surface area contributed by atoms with Gasteiger partial charge in [0.15, 0.2) is 0 Å². The van der Waals surface area contributed by atoms with Gasteiger partial charge in [-0.3, -0.25) is 0 Å². The van der Waals surface area contributed by atoms with E-state index in [1.165, 1.54) is 11.1 Å². The van der Waals surface area contributed by atoms with Crippen LogP contribution in [0, 0.1) is 0 Å². The largest absolute Gasteiger partial charge is 0.367 e. The van der Waals surface area contributed by atoms with Crippen LogP contribution < -0.4 is 15.5 Å². The van der Waals surface area contributed by atoms with Gasteiger partial charge in [-0.25, -0.2) is 4.98 Å². The van der Waals surface area contributed by atoms with Crippen molar-refractivity contribution in [1.82, 2.24) is 15.3 Å². The third kappa shape index (κ3) is 3.76. The Labute approximate surface area is 149 Å². The van der Waals surface area contributed by atoms with E-state index in [2.05, 4.69) is 52.8 Å². The molecule has 0 bridgehead atoms. The molecule has 1 fully saturated rings. The highest BCUT2D eigenvalue weighted by Gasteiger charge is 2.20. The molecule has 0 amide bonds. The van der Waals surface area contributed by atoms with Gasteiger partial charge >= 0.3 is 0 Å².